The molecule has 0 bridgehead atoms. The van der Waals surface area contributed by atoms with Crippen molar-refractivity contribution in [1.82, 2.24) is 6.15 Å². The standard InChI is InChI=1S/C11H27NO2Si.H3N/c1-6-13-15(8-3,14-7-2)9-10(4)11(5)12;/h10-11H,6-9,12H2,1-5H3;1H3. The van der Waals surface area contributed by atoms with Crippen LogP contribution in [0.25, 0.3) is 0 Å². The lowest BCUT2D eigenvalue weighted by atomic mass is 10.1. The smallest absolute Gasteiger partial charge is 0.338 e. The summed E-state index contributed by atoms with van der Waals surface area (Å²) < 4.78 is 11.8. The lowest BCUT2D eigenvalue weighted by molar-refractivity contribution is 0.177. The van der Waals surface area contributed by atoms with Crippen LogP contribution in [-0.2, 0) is 8.85 Å². The average molecular weight is 250 g/mol. The van der Waals surface area contributed by atoms with Crippen LogP contribution in [0.3, 0.4) is 0 Å². The molecule has 5 N–H and O–H groups in total. The van der Waals surface area contributed by atoms with Crippen LogP contribution in [-0.4, -0.2) is 27.8 Å². The normalized spacial score (nSPS) is 15.4. The molecule has 2 atom stereocenters. The van der Waals surface area contributed by atoms with Gasteiger partial charge in [-0.05, 0) is 38.8 Å². The molecule has 0 saturated carbocycles. The fourth-order valence-electron chi connectivity index (χ4n) is 1.71. The highest BCUT2D eigenvalue weighted by Crippen LogP contribution is 2.25. The Morgan fingerprint density at radius 2 is 1.50 bits per heavy atom. The van der Waals surface area contributed by atoms with Gasteiger partial charge >= 0.3 is 8.56 Å². The molecule has 0 fully saturated rings. The van der Waals surface area contributed by atoms with Gasteiger partial charge in [0.1, 0.15) is 0 Å². The highest BCUT2D eigenvalue weighted by atomic mass is 28.4. The van der Waals surface area contributed by atoms with Crippen molar-refractivity contribution in [3.05, 3.63) is 0 Å². The minimum Gasteiger partial charge on any atom is -0.394 e. The molecule has 0 aromatic carbocycles. The first-order valence-corrected chi connectivity index (χ1v) is 8.27. The molecule has 0 rings (SSSR count). The van der Waals surface area contributed by atoms with Gasteiger partial charge in [0.2, 0.25) is 0 Å². The van der Waals surface area contributed by atoms with Gasteiger partial charge in [0.05, 0.1) is 0 Å². The van der Waals surface area contributed by atoms with Gasteiger partial charge in [0.15, 0.2) is 0 Å². The van der Waals surface area contributed by atoms with E-state index < -0.39 is 8.56 Å². The summed E-state index contributed by atoms with van der Waals surface area (Å²) in [6, 6.07) is 2.22. The van der Waals surface area contributed by atoms with Crippen LogP contribution in [0.2, 0.25) is 12.1 Å². The average Bonchev–Trinajstić information content (AvgIpc) is 2.18. The van der Waals surface area contributed by atoms with E-state index in [-0.39, 0.29) is 12.2 Å². The van der Waals surface area contributed by atoms with E-state index in [0.717, 1.165) is 25.3 Å². The summed E-state index contributed by atoms with van der Waals surface area (Å²) in [6.45, 7) is 11.9. The molecule has 0 aromatic heterocycles. The molecule has 2 unspecified atom stereocenters. The van der Waals surface area contributed by atoms with E-state index in [0.29, 0.717) is 5.92 Å². The molecule has 0 aliphatic rings. The van der Waals surface area contributed by atoms with Crippen molar-refractivity contribution in [2.75, 3.05) is 13.2 Å². The summed E-state index contributed by atoms with van der Waals surface area (Å²) in [5.41, 5.74) is 5.90. The molecular formula is C11H30N2O2Si. The summed E-state index contributed by atoms with van der Waals surface area (Å²) in [5.74, 6) is 0.467. The highest BCUT2D eigenvalue weighted by Gasteiger charge is 2.37. The monoisotopic (exact) mass is 250 g/mol. The van der Waals surface area contributed by atoms with Gasteiger partial charge < -0.3 is 20.7 Å². The second-order valence-electron chi connectivity index (χ2n) is 4.17. The molecule has 0 aliphatic carbocycles. The molecule has 0 amide bonds. The third-order valence-electron chi connectivity index (χ3n) is 2.88. The Hall–Kier alpha value is 0.0569. The Morgan fingerprint density at radius 1 is 1.06 bits per heavy atom. The Kier molecular flexibility index (Phi) is 10.5. The second kappa shape index (κ2) is 9.12. The van der Waals surface area contributed by atoms with E-state index in [1.54, 1.807) is 0 Å². The van der Waals surface area contributed by atoms with Gasteiger partial charge in [-0.1, -0.05) is 13.8 Å². The third kappa shape index (κ3) is 5.96. The van der Waals surface area contributed by atoms with Crippen molar-refractivity contribution in [3.63, 3.8) is 0 Å². The van der Waals surface area contributed by atoms with Gasteiger partial charge in [-0.25, -0.2) is 0 Å². The molecule has 0 heterocycles. The van der Waals surface area contributed by atoms with Crippen molar-refractivity contribution < 1.29 is 8.85 Å². The van der Waals surface area contributed by atoms with Crippen LogP contribution in [0.4, 0.5) is 0 Å². The predicted molar refractivity (Wildman–Crippen MR) is 72.1 cm³/mol. The number of rotatable bonds is 8. The van der Waals surface area contributed by atoms with E-state index in [1.165, 1.54) is 0 Å². The zero-order valence-corrected chi connectivity index (χ0v) is 12.6. The Bertz CT molecular complexity index is 162. The fourth-order valence-corrected chi connectivity index (χ4v) is 5.13. The third-order valence-corrected chi connectivity index (χ3v) is 6.86. The largest absolute Gasteiger partial charge is 0.394 e. The van der Waals surface area contributed by atoms with Crippen molar-refractivity contribution in [1.29, 1.82) is 0 Å². The van der Waals surface area contributed by atoms with Gasteiger partial charge in [0, 0.05) is 19.3 Å². The Morgan fingerprint density at radius 3 is 1.75 bits per heavy atom. The van der Waals surface area contributed by atoms with Crippen LogP contribution >= 0.6 is 0 Å². The van der Waals surface area contributed by atoms with Gasteiger partial charge in [-0.15, -0.1) is 0 Å². The lowest BCUT2D eigenvalue weighted by Gasteiger charge is -2.32. The van der Waals surface area contributed by atoms with Crippen LogP contribution in [0.5, 0.6) is 0 Å². The van der Waals surface area contributed by atoms with Crippen molar-refractivity contribution in [2.45, 2.75) is 52.7 Å². The van der Waals surface area contributed by atoms with E-state index in [1.807, 2.05) is 13.8 Å². The molecule has 4 nitrogen and oxygen atoms in total. The maximum absolute atomic E-state index is 5.90. The van der Waals surface area contributed by atoms with Crippen LogP contribution in [0.15, 0.2) is 0 Å². The maximum atomic E-state index is 5.90. The van der Waals surface area contributed by atoms with Crippen LogP contribution in [0.1, 0.15) is 34.6 Å². The highest BCUT2D eigenvalue weighted by molar-refractivity contribution is 6.67. The van der Waals surface area contributed by atoms with E-state index in [9.17, 15) is 0 Å². The first-order chi connectivity index (χ1) is 7.01. The lowest BCUT2D eigenvalue weighted by Crippen LogP contribution is -2.45. The summed E-state index contributed by atoms with van der Waals surface area (Å²) in [7, 11) is -1.98. The van der Waals surface area contributed by atoms with Crippen molar-refractivity contribution in [2.24, 2.45) is 11.7 Å². The predicted octanol–water partition coefficient (Wildman–Crippen LogP) is 2.67. The minimum absolute atomic E-state index is 0. The van der Waals surface area contributed by atoms with Crippen molar-refractivity contribution in [3.8, 4) is 0 Å². The van der Waals surface area contributed by atoms with Crippen LogP contribution < -0.4 is 11.9 Å². The van der Waals surface area contributed by atoms with Gasteiger partial charge in [-0.2, -0.15) is 0 Å². The molecule has 0 spiro atoms. The molecule has 0 aliphatic heterocycles. The SMILES string of the molecule is CCO[Si](CC)(CC(C)C(C)N)OCC.N. The summed E-state index contributed by atoms with van der Waals surface area (Å²) in [4.78, 5) is 0. The Labute approximate surface area is 102 Å². The molecule has 5 heteroatoms. The zero-order chi connectivity index (χ0) is 11.9. The molecule has 0 radical (unpaired) electrons. The molecule has 0 saturated heterocycles. The minimum atomic E-state index is -1.98. The zero-order valence-electron chi connectivity index (χ0n) is 11.6. The number of hydrogen-bond donors (Lipinski definition) is 2. The maximum Gasteiger partial charge on any atom is 0.338 e. The molecule has 0 aromatic rings. The molecular weight excluding hydrogens is 220 g/mol. The molecule has 16 heavy (non-hydrogen) atoms. The molecule has 100 valence electrons. The topological polar surface area (TPSA) is 79.5 Å². The van der Waals surface area contributed by atoms with Crippen molar-refractivity contribution >= 4 is 8.56 Å². The first kappa shape index (κ1) is 18.4. The summed E-state index contributed by atoms with van der Waals surface area (Å²) in [6.07, 6.45) is 0. The van der Waals surface area contributed by atoms with E-state index in [2.05, 4.69) is 20.8 Å². The van der Waals surface area contributed by atoms with Crippen LogP contribution in [0, 0.1) is 5.92 Å². The Balaban J connectivity index is 0. The fraction of sp³-hybridized carbons (Fsp3) is 1.00. The quantitative estimate of drug-likeness (QED) is 0.649. The number of nitrogens with two attached hydrogens (primary N) is 1. The summed E-state index contributed by atoms with van der Waals surface area (Å²) >= 11 is 0. The van der Waals surface area contributed by atoms with Gasteiger partial charge in [-0.3, -0.25) is 0 Å². The summed E-state index contributed by atoms with van der Waals surface area (Å²) in [5, 5.41) is 0. The van der Waals surface area contributed by atoms with Gasteiger partial charge in [0.25, 0.3) is 0 Å². The van der Waals surface area contributed by atoms with E-state index >= 15 is 0 Å². The van der Waals surface area contributed by atoms with E-state index in [4.69, 9.17) is 14.6 Å². The second-order valence-corrected chi connectivity index (χ2v) is 7.68. The first-order valence-electron chi connectivity index (χ1n) is 6.04. The number of hydrogen-bond acceptors (Lipinski definition) is 4.